The van der Waals surface area contributed by atoms with Gasteiger partial charge in [0.25, 0.3) is 0 Å². The summed E-state index contributed by atoms with van der Waals surface area (Å²) < 4.78 is 12.6. The van der Waals surface area contributed by atoms with Crippen molar-refractivity contribution in [2.24, 2.45) is 0 Å². The van der Waals surface area contributed by atoms with Crippen LogP contribution in [-0.4, -0.2) is 30.3 Å². The van der Waals surface area contributed by atoms with Crippen LogP contribution in [0.1, 0.15) is 13.8 Å². The van der Waals surface area contributed by atoms with E-state index in [0.717, 1.165) is 11.7 Å². The summed E-state index contributed by atoms with van der Waals surface area (Å²) in [6, 6.07) is 0.340. The SMILES string of the molecule is CC1CN(F)C(C)CN1. The summed E-state index contributed by atoms with van der Waals surface area (Å²) in [6.45, 7) is 5.14. The van der Waals surface area contributed by atoms with Crippen LogP contribution in [0.2, 0.25) is 0 Å². The molecule has 3 heteroatoms. The van der Waals surface area contributed by atoms with E-state index < -0.39 is 0 Å². The van der Waals surface area contributed by atoms with Crippen LogP contribution in [0.4, 0.5) is 4.48 Å². The molecule has 2 unspecified atom stereocenters. The molecule has 0 radical (unpaired) electrons. The third-order valence-electron chi connectivity index (χ3n) is 1.69. The van der Waals surface area contributed by atoms with E-state index in [9.17, 15) is 4.48 Å². The third-order valence-corrected chi connectivity index (χ3v) is 1.69. The van der Waals surface area contributed by atoms with Crippen molar-refractivity contribution in [2.75, 3.05) is 13.1 Å². The average molecular weight is 132 g/mol. The Hall–Kier alpha value is -0.150. The van der Waals surface area contributed by atoms with Crippen LogP contribution in [0.25, 0.3) is 0 Å². The Labute approximate surface area is 55.0 Å². The Kier molecular flexibility index (Phi) is 2.03. The average Bonchev–Trinajstić information content (AvgIpc) is 1.80. The third kappa shape index (κ3) is 1.63. The highest BCUT2D eigenvalue weighted by Crippen LogP contribution is 2.05. The number of nitrogens with zero attached hydrogens (tertiary/aromatic N) is 1. The van der Waals surface area contributed by atoms with E-state index in [0.29, 0.717) is 12.6 Å². The first-order chi connectivity index (χ1) is 4.20. The normalized spacial score (nSPS) is 39.0. The lowest BCUT2D eigenvalue weighted by Gasteiger charge is -2.30. The Morgan fingerprint density at radius 1 is 1.56 bits per heavy atom. The van der Waals surface area contributed by atoms with Gasteiger partial charge in [-0.15, -0.1) is 9.60 Å². The minimum Gasteiger partial charge on any atom is -0.311 e. The Morgan fingerprint density at radius 2 is 2.22 bits per heavy atom. The second kappa shape index (κ2) is 2.62. The van der Waals surface area contributed by atoms with E-state index >= 15 is 0 Å². The molecule has 0 amide bonds. The van der Waals surface area contributed by atoms with Crippen molar-refractivity contribution in [1.82, 2.24) is 10.4 Å². The Morgan fingerprint density at radius 3 is 2.67 bits per heavy atom. The molecule has 0 aromatic rings. The van der Waals surface area contributed by atoms with E-state index in [1.165, 1.54) is 0 Å². The predicted octanol–water partition coefficient (Wildman–Crippen LogP) is 0.553. The number of hydrogen-bond acceptors (Lipinski definition) is 2. The molecule has 54 valence electrons. The van der Waals surface area contributed by atoms with E-state index in [2.05, 4.69) is 5.32 Å². The van der Waals surface area contributed by atoms with Gasteiger partial charge in [-0.3, -0.25) is 0 Å². The lowest BCUT2D eigenvalue weighted by Crippen LogP contribution is -2.50. The Balaban J connectivity index is 2.35. The highest BCUT2D eigenvalue weighted by Gasteiger charge is 2.21. The number of halogens is 1. The van der Waals surface area contributed by atoms with Crippen molar-refractivity contribution in [1.29, 1.82) is 0 Å². The molecule has 1 heterocycles. The van der Waals surface area contributed by atoms with E-state index in [-0.39, 0.29) is 6.04 Å². The molecule has 1 rings (SSSR count). The van der Waals surface area contributed by atoms with E-state index in [4.69, 9.17) is 0 Å². The van der Waals surface area contributed by atoms with Gasteiger partial charge >= 0.3 is 0 Å². The summed E-state index contributed by atoms with van der Waals surface area (Å²) in [4.78, 5) is 0. The van der Waals surface area contributed by atoms with Gasteiger partial charge in [0.2, 0.25) is 0 Å². The van der Waals surface area contributed by atoms with Gasteiger partial charge < -0.3 is 5.32 Å². The quantitative estimate of drug-likeness (QED) is 0.484. The zero-order valence-electron chi connectivity index (χ0n) is 5.89. The summed E-state index contributed by atoms with van der Waals surface area (Å²) >= 11 is 0. The molecule has 1 N–H and O–H groups in total. The monoisotopic (exact) mass is 132 g/mol. The van der Waals surface area contributed by atoms with Crippen LogP contribution in [0.5, 0.6) is 0 Å². The summed E-state index contributed by atoms with van der Waals surface area (Å²) in [5.41, 5.74) is 0. The van der Waals surface area contributed by atoms with Crippen LogP contribution in [-0.2, 0) is 0 Å². The van der Waals surface area contributed by atoms with Gasteiger partial charge in [0.15, 0.2) is 0 Å². The van der Waals surface area contributed by atoms with Crippen LogP contribution < -0.4 is 5.32 Å². The Bertz CT molecular complexity index is 97.1. The second-order valence-corrected chi connectivity index (χ2v) is 2.74. The predicted molar refractivity (Wildman–Crippen MR) is 34.7 cm³/mol. The summed E-state index contributed by atoms with van der Waals surface area (Å²) in [5.74, 6) is 0. The minimum absolute atomic E-state index is 0.0428. The number of hydrogen-bond donors (Lipinski definition) is 1. The van der Waals surface area contributed by atoms with Gasteiger partial charge in [-0.05, 0) is 13.8 Å². The van der Waals surface area contributed by atoms with Crippen LogP contribution in [0.15, 0.2) is 0 Å². The molecule has 0 saturated carbocycles. The van der Waals surface area contributed by atoms with E-state index in [1.54, 1.807) is 0 Å². The van der Waals surface area contributed by atoms with Crippen LogP contribution >= 0.6 is 0 Å². The lowest BCUT2D eigenvalue weighted by atomic mass is 10.2. The summed E-state index contributed by atoms with van der Waals surface area (Å²) in [5, 5.41) is 4.07. The first-order valence-corrected chi connectivity index (χ1v) is 3.36. The molecule has 1 aliphatic heterocycles. The molecular formula is C6H13FN2. The topological polar surface area (TPSA) is 15.3 Å². The van der Waals surface area contributed by atoms with Crippen LogP contribution in [0, 0.1) is 0 Å². The van der Waals surface area contributed by atoms with Gasteiger partial charge in [-0.1, -0.05) is 0 Å². The fourth-order valence-corrected chi connectivity index (χ4v) is 0.977. The molecular weight excluding hydrogens is 119 g/mol. The van der Waals surface area contributed by atoms with Crippen molar-refractivity contribution >= 4 is 0 Å². The molecule has 2 atom stereocenters. The zero-order chi connectivity index (χ0) is 6.85. The highest BCUT2D eigenvalue weighted by molar-refractivity contribution is 4.75. The zero-order valence-corrected chi connectivity index (χ0v) is 5.89. The van der Waals surface area contributed by atoms with Gasteiger partial charge in [0.05, 0.1) is 0 Å². The van der Waals surface area contributed by atoms with Crippen molar-refractivity contribution < 1.29 is 4.48 Å². The van der Waals surface area contributed by atoms with Crippen molar-refractivity contribution in [3.63, 3.8) is 0 Å². The molecule has 1 fully saturated rings. The molecule has 1 saturated heterocycles. The first kappa shape index (κ1) is 6.96. The second-order valence-electron chi connectivity index (χ2n) is 2.74. The van der Waals surface area contributed by atoms with Gasteiger partial charge in [0.1, 0.15) is 0 Å². The molecule has 0 aliphatic carbocycles. The van der Waals surface area contributed by atoms with Gasteiger partial charge in [-0.2, -0.15) is 0 Å². The first-order valence-electron chi connectivity index (χ1n) is 3.36. The number of rotatable bonds is 0. The van der Waals surface area contributed by atoms with Gasteiger partial charge in [0, 0.05) is 25.2 Å². The molecule has 1 aliphatic rings. The molecule has 0 aromatic carbocycles. The maximum Gasteiger partial charge on any atom is 0.0499 e. The summed E-state index contributed by atoms with van der Waals surface area (Å²) in [7, 11) is 0. The fourth-order valence-electron chi connectivity index (χ4n) is 0.977. The molecule has 0 spiro atoms. The fraction of sp³-hybridized carbons (Fsp3) is 1.00. The smallest absolute Gasteiger partial charge is 0.0499 e. The van der Waals surface area contributed by atoms with Crippen molar-refractivity contribution in [3.05, 3.63) is 0 Å². The molecule has 0 aromatic heterocycles. The minimum atomic E-state index is 0.0428. The van der Waals surface area contributed by atoms with Crippen molar-refractivity contribution in [3.8, 4) is 0 Å². The molecule has 9 heavy (non-hydrogen) atoms. The summed E-state index contributed by atoms with van der Waals surface area (Å²) in [6.07, 6.45) is 0. The number of nitrogens with one attached hydrogen (secondary N) is 1. The lowest BCUT2D eigenvalue weighted by molar-refractivity contribution is -0.0412. The van der Waals surface area contributed by atoms with Gasteiger partial charge in [-0.25, -0.2) is 0 Å². The van der Waals surface area contributed by atoms with Crippen LogP contribution in [0.3, 0.4) is 0 Å². The highest BCUT2D eigenvalue weighted by atomic mass is 19.2. The molecule has 2 nitrogen and oxygen atoms in total. The van der Waals surface area contributed by atoms with Crippen molar-refractivity contribution in [2.45, 2.75) is 25.9 Å². The standard InChI is InChI=1S/C6H13FN2/c1-5-4-9(7)6(2)3-8-5/h5-6,8H,3-4H2,1-2H3. The largest absolute Gasteiger partial charge is 0.311 e. The molecule has 0 bridgehead atoms. The van der Waals surface area contributed by atoms with E-state index in [1.807, 2.05) is 13.8 Å². The maximum atomic E-state index is 12.6. The maximum absolute atomic E-state index is 12.6. The number of piperazine rings is 1.